The van der Waals surface area contributed by atoms with Crippen molar-refractivity contribution in [3.05, 3.63) is 96.6 Å². The molecule has 0 saturated carbocycles. The summed E-state index contributed by atoms with van der Waals surface area (Å²) in [5.41, 5.74) is 0.0341. The lowest BCUT2D eigenvalue weighted by Crippen LogP contribution is -2.16. The van der Waals surface area contributed by atoms with Gasteiger partial charge >= 0.3 is 10.4 Å². The van der Waals surface area contributed by atoms with Crippen LogP contribution in [0.2, 0.25) is 0 Å². The number of amides is 1. The monoisotopic (exact) mass is 1040 g/mol. The number of carbonyl (C=O) groups excluding carboxylic acids is 1. The Hall–Kier alpha value is -5.27. The smallest absolute Gasteiger partial charge is 0.397 e. The minimum Gasteiger partial charge on any atom is -0.505 e. The molecule has 7 N–H and O–H groups in total. The predicted molar refractivity (Wildman–Crippen MR) is 232 cm³/mol. The van der Waals surface area contributed by atoms with Crippen LogP contribution in [0.3, 0.4) is 0 Å². The molecule has 354 valence electrons. The number of hydrogen-bond acceptors (Lipinski definition) is 25. The minimum absolute atomic E-state index is 0.0219. The second-order valence-corrected chi connectivity index (χ2v) is 20.6. The second-order valence-electron chi connectivity index (χ2n) is 12.6. The summed E-state index contributed by atoms with van der Waals surface area (Å²) >= 11 is 0.557. The zero-order valence-corrected chi connectivity index (χ0v) is 37.7. The first-order chi connectivity index (χ1) is 31.2. The molecule has 5 rings (SSSR count). The zero-order chi connectivity index (χ0) is 48.1. The molecule has 0 aliphatic carbocycles. The van der Waals surface area contributed by atoms with E-state index in [1.54, 1.807) is 0 Å². The number of phenols is 1. The van der Waals surface area contributed by atoms with Gasteiger partial charge in [0.1, 0.15) is 17.3 Å². The van der Waals surface area contributed by atoms with Crippen molar-refractivity contribution < 1.29 is 90.3 Å². The van der Waals surface area contributed by atoms with Crippen LogP contribution in [0, 0.1) is 0 Å². The van der Waals surface area contributed by atoms with Crippen molar-refractivity contribution in [2.24, 2.45) is 20.5 Å². The standard InChI is InChI=1S/C34H32N6O20S6/c41-33-27-12-13-29(35-20-65(49,50)51)31(39-37-23-8-10-25(11-9-23)63(45,46)16-14-55-62-60-58-44)28(27)19-30(61-59-57-43)32(33)40-38-22-6-4-21(5-7-22)34(42)36-24-2-1-3-26(18-24)64(47,48)17-15-56-66(52,53)54/h1-13,18-19,35,41,43-44H,14-17,20H2,(H,36,42)(H,49,50,51)(H,52,53,54)/b39-37+,40-38+. The van der Waals surface area contributed by atoms with Gasteiger partial charge in [-0.2, -0.15) is 27.1 Å². The van der Waals surface area contributed by atoms with Crippen LogP contribution in [0.5, 0.6) is 5.75 Å². The van der Waals surface area contributed by atoms with Crippen LogP contribution in [-0.4, -0.2) is 94.9 Å². The number of sulfone groups is 2. The van der Waals surface area contributed by atoms with E-state index >= 15 is 0 Å². The number of phenolic OH excluding ortho intramolecular Hbond substituents is 1. The number of fused-ring (bicyclic) bond motifs is 1. The van der Waals surface area contributed by atoms with Crippen molar-refractivity contribution in [1.29, 1.82) is 0 Å². The number of nitrogens with one attached hydrogen (secondary N) is 2. The molecule has 5 aromatic rings. The Bertz CT molecular complexity index is 3050. The van der Waals surface area contributed by atoms with Crippen LogP contribution in [-0.2, 0) is 67.3 Å². The summed E-state index contributed by atoms with van der Waals surface area (Å²) in [6.07, 6.45) is 0. The Morgan fingerprint density at radius 1 is 0.667 bits per heavy atom. The summed E-state index contributed by atoms with van der Waals surface area (Å²) in [4.78, 5) is 12.6. The van der Waals surface area contributed by atoms with Crippen molar-refractivity contribution in [3.63, 3.8) is 0 Å². The molecule has 26 nitrogen and oxygen atoms in total. The SMILES string of the molecule is O=C(Nc1cccc(S(=O)(=O)CCOS(=O)(=O)O)c1)c1ccc(/N=N/c2c(SOOO)cc3c(/N=N/c4ccc(S(=O)(=O)CCOSOOO)cc4)c(NCS(=O)(=O)O)ccc3c2O)cc1. The number of rotatable bonds is 24. The van der Waals surface area contributed by atoms with E-state index in [2.05, 4.69) is 54.0 Å². The van der Waals surface area contributed by atoms with Gasteiger partial charge in [0.2, 0.25) is 0 Å². The molecule has 0 radical (unpaired) electrons. The molecule has 66 heavy (non-hydrogen) atoms. The van der Waals surface area contributed by atoms with E-state index < -0.39 is 75.8 Å². The molecule has 0 fully saturated rings. The molecular formula is C34H32N6O20S6. The third-order valence-corrected chi connectivity index (χ3v) is 13.6. The first-order valence-corrected chi connectivity index (χ1v) is 25.3. The first kappa shape index (κ1) is 51.7. The molecule has 1 amide bonds. The van der Waals surface area contributed by atoms with Gasteiger partial charge in [-0.25, -0.2) is 31.5 Å². The van der Waals surface area contributed by atoms with E-state index in [1.165, 1.54) is 84.9 Å². The minimum atomic E-state index is -4.86. The van der Waals surface area contributed by atoms with Gasteiger partial charge in [-0.05, 0) is 84.9 Å². The summed E-state index contributed by atoms with van der Waals surface area (Å²) in [5, 5.41) is 57.4. The van der Waals surface area contributed by atoms with E-state index in [0.29, 0.717) is 12.0 Å². The van der Waals surface area contributed by atoms with E-state index in [-0.39, 0.29) is 84.1 Å². The van der Waals surface area contributed by atoms with Gasteiger partial charge in [0.15, 0.2) is 37.7 Å². The maximum Gasteiger partial charge on any atom is 0.397 e. The van der Waals surface area contributed by atoms with Gasteiger partial charge < -0.3 is 15.7 Å². The normalized spacial score (nSPS) is 12.6. The molecule has 0 unspecified atom stereocenters. The molecule has 0 aliphatic rings. The molecule has 0 saturated heterocycles. The van der Waals surface area contributed by atoms with Gasteiger partial charge in [-0.1, -0.05) is 16.1 Å². The fourth-order valence-electron chi connectivity index (χ4n) is 5.32. The maximum atomic E-state index is 13.0. The van der Waals surface area contributed by atoms with Crippen LogP contribution in [0.15, 0.2) is 126 Å². The molecule has 0 atom stereocenters. The number of hydrogen-bond donors (Lipinski definition) is 7. The Kier molecular flexibility index (Phi) is 18.0. The largest absolute Gasteiger partial charge is 0.505 e. The van der Waals surface area contributed by atoms with Gasteiger partial charge in [-0.15, -0.1) is 18.9 Å². The molecule has 32 heteroatoms. The molecule has 5 aromatic carbocycles. The van der Waals surface area contributed by atoms with Crippen LogP contribution < -0.4 is 10.6 Å². The van der Waals surface area contributed by atoms with Crippen LogP contribution in [0.1, 0.15) is 10.4 Å². The highest BCUT2D eigenvalue weighted by molar-refractivity contribution is 7.94. The highest BCUT2D eigenvalue weighted by Crippen LogP contribution is 2.48. The molecule has 0 bridgehead atoms. The summed E-state index contributed by atoms with van der Waals surface area (Å²) in [5.74, 6) is -3.46. The number of carbonyl (C=O) groups is 1. The van der Waals surface area contributed by atoms with Gasteiger partial charge in [-0.3, -0.25) is 18.1 Å². The number of aromatic hydroxyl groups is 1. The van der Waals surface area contributed by atoms with E-state index in [4.69, 9.17) is 19.3 Å². The molecular weight excluding hydrogens is 1000 g/mol. The predicted octanol–water partition coefficient (Wildman–Crippen LogP) is 6.68. The fraction of sp³-hybridized carbons (Fsp3) is 0.147. The van der Waals surface area contributed by atoms with Crippen LogP contribution in [0.4, 0.5) is 34.1 Å². The van der Waals surface area contributed by atoms with E-state index in [0.717, 1.165) is 6.07 Å². The Morgan fingerprint density at radius 3 is 1.92 bits per heavy atom. The lowest BCUT2D eigenvalue weighted by atomic mass is 10.1. The zero-order valence-electron chi connectivity index (χ0n) is 32.8. The molecule has 0 aromatic heterocycles. The summed E-state index contributed by atoms with van der Waals surface area (Å²) in [6, 6.07) is 19.6. The average molecular weight is 1040 g/mol. The van der Waals surface area contributed by atoms with Crippen molar-refractivity contribution in [3.8, 4) is 5.75 Å². The highest BCUT2D eigenvalue weighted by Gasteiger charge is 2.21. The van der Waals surface area contributed by atoms with E-state index in [9.17, 15) is 48.1 Å². The summed E-state index contributed by atoms with van der Waals surface area (Å²) in [6.45, 7) is -1.18. The van der Waals surface area contributed by atoms with Crippen molar-refractivity contribution in [1.82, 2.24) is 0 Å². The highest BCUT2D eigenvalue weighted by atomic mass is 32.3. The number of anilines is 2. The van der Waals surface area contributed by atoms with Crippen LogP contribution >= 0.6 is 24.4 Å². The molecule has 0 spiro atoms. The van der Waals surface area contributed by atoms with Crippen molar-refractivity contribution in [2.75, 3.05) is 41.2 Å². The van der Waals surface area contributed by atoms with Gasteiger partial charge in [0, 0.05) is 22.0 Å². The quantitative estimate of drug-likeness (QED) is 0.00845. The third kappa shape index (κ3) is 15.1. The van der Waals surface area contributed by atoms with Gasteiger partial charge in [0.05, 0.1) is 68.5 Å². The topological polar surface area (TPSA) is 384 Å². The fourth-order valence-corrected chi connectivity index (χ4v) is 9.08. The summed E-state index contributed by atoms with van der Waals surface area (Å²) in [7, 11) is -17.4. The van der Waals surface area contributed by atoms with Crippen LogP contribution in [0.25, 0.3) is 10.8 Å². The average Bonchev–Trinajstić information content (AvgIpc) is 3.26. The van der Waals surface area contributed by atoms with E-state index in [1.807, 2.05) is 0 Å². The second kappa shape index (κ2) is 23.0. The number of nitrogens with zero attached hydrogens (tertiary/aromatic N) is 4. The van der Waals surface area contributed by atoms with Crippen molar-refractivity contribution in [2.45, 2.75) is 14.7 Å². The lowest BCUT2D eigenvalue weighted by molar-refractivity contribution is -0.434. The number of benzene rings is 5. The van der Waals surface area contributed by atoms with Crippen molar-refractivity contribution >= 4 is 115 Å². The summed E-state index contributed by atoms with van der Waals surface area (Å²) < 4.78 is 131. The Labute approximate surface area is 382 Å². The molecule has 0 aliphatic heterocycles. The Balaban J connectivity index is 1.40. The number of azo groups is 2. The third-order valence-electron chi connectivity index (χ3n) is 8.24. The Morgan fingerprint density at radius 2 is 1.29 bits per heavy atom. The van der Waals surface area contributed by atoms with Gasteiger partial charge in [0.25, 0.3) is 16.0 Å². The first-order valence-electron chi connectivity index (χ1n) is 17.6. The molecule has 0 heterocycles. The lowest BCUT2D eigenvalue weighted by Gasteiger charge is -2.14. The maximum absolute atomic E-state index is 13.0.